The van der Waals surface area contributed by atoms with Crippen molar-refractivity contribution in [1.29, 1.82) is 0 Å². The van der Waals surface area contributed by atoms with Gasteiger partial charge in [0.05, 0.1) is 23.6 Å². The molecule has 2 aromatic carbocycles. The van der Waals surface area contributed by atoms with Gasteiger partial charge in [0.15, 0.2) is 0 Å². The monoisotopic (exact) mass is 432 g/mol. The van der Waals surface area contributed by atoms with Crippen molar-refractivity contribution >= 4 is 17.7 Å². The highest BCUT2D eigenvalue weighted by Crippen LogP contribution is 2.29. The molecule has 6 nitrogen and oxygen atoms in total. The molecule has 158 valence electrons. The van der Waals surface area contributed by atoms with Crippen LogP contribution in [-0.4, -0.2) is 20.6 Å². The van der Waals surface area contributed by atoms with Gasteiger partial charge >= 0.3 is 0 Å². The molecule has 0 saturated heterocycles. The van der Waals surface area contributed by atoms with E-state index in [0.29, 0.717) is 11.3 Å². The Morgan fingerprint density at radius 1 is 1.16 bits per heavy atom. The van der Waals surface area contributed by atoms with E-state index < -0.39 is 0 Å². The molecule has 0 radical (unpaired) electrons. The summed E-state index contributed by atoms with van der Waals surface area (Å²) in [5, 5.41) is 7.13. The van der Waals surface area contributed by atoms with E-state index in [4.69, 9.17) is 4.52 Å². The van der Waals surface area contributed by atoms with Gasteiger partial charge in [-0.2, -0.15) is 0 Å². The molecule has 4 aromatic rings. The van der Waals surface area contributed by atoms with E-state index >= 15 is 0 Å². The summed E-state index contributed by atoms with van der Waals surface area (Å²) >= 11 is 1.62. The lowest BCUT2D eigenvalue weighted by molar-refractivity contribution is 0.0937. The number of hydrogen-bond donors (Lipinski definition) is 1. The van der Waals surface area contributed by atoms with Crippen molar-refractivity contribution in [2.24, 2.45) is 0 Å². The van der Waals surface area contributed by atoms with Crippen LogP contribution in [0.4, 0.5) is 0 Å². The van der Waals surface area contributed by atoms with Crippen LogP contribution >= 0.6 is 11.8 Å². The number of benzene rings is 2. The number of aromatic nitrogens is 3. The summed E-state index contributed by atoms with van der Waals surface area (Å²) in [5.74, 6) is 1.43. The molecule has 0 saturated carbocycles. The molecule has 0 bridgehead atoms. The molecule has 2 aromatic heterocycles. The molecular weight excluding hydrogens is 408 g/mol. The molecule has 0 unspecified atom stereocenters. The van der Waals surface area contributed by atoms with Crippen LogP contribution in [0.1, 0.15) is 45.9 Å². The Kier molecular flexibility index (Phi) is 6.23. The Hall–Kier alpha value is -3.32. The number of carbonyl (C=O) groups is 1. The average Bonchev–Trinajstić information content (AvgIpc) is 3.43. The summed E-state index contributed by atoms with van der Waals surface area (Å²) < 4.78 is 7.19. The molecule has 7 heteroatoms. The van der Waals surface area contributed by atoms with Crippen LogP contribution in [0, 0.1) is 13.8 Å². The van der Waals surface area contributed by atoms with Crippen LogP contribution in [0.25, 0.3) is 5.69 Å². The first-order chi connectivity index (χ1) is 15.0. The Morgan fingerprint density at radius 2 is 1.94 bits per heavy atom. The molecule has 2 heterocycles. The minimum atomic E-state index is -0.120. The molecule has 0 fully saturated rings. The molecule has 4 rings (SSSR count). The number of amides is 1. The van der Waals surface area contributed by atoms with Gasteiger partial charge in [-0.05, 0) is 50.6 Å². The normalized spacial score (nSPS) is 12.0. The summed E-state index contributed by atoms with van der Waals surface area (Å²) in [5.41, 5.74) is 4.70. The summed E-state index contributed by atoms with van der Waals surface area (Å²) in [6, 6.07) is 15.6. The third-order valence-electron chi connectivity index (χ3n) is 5.23. The fraction of sp³-hybridized carbons (Fsp3) is 0.208. The first-order valence-electron chi connectivity index (χ1n) is 10.1. The molecule has 1 atom stereocenters. The highest BCUT2D eigenvalue weighted by molar-refractivity contribution is 7.98. The van der Waals surface area contributed by atoms with E-state index in [9.17, 15) is 4.79 Å². The molecule has 0 aliphatic carbocycles. The largest absolute Gasteiger partial charge is 0.361 e. The minimum Gasteiger partial charge on any atom is -0.361 e. The summed E-state index contributed by atoms with van der Waals surface area (Å²) in [4.78, 5) is 18.0. The van der Waals surface area contributed by atoms with Crippen LogP contribution in [0.5, 0.6) is 0 Å². The third-order valence-corrected chi connectivity index (χ3v) is 6.33. The van der Waals surface area contributed by atoms with Crippen molar-refractivity contribution < 1.29 is 9.32 Å². The second kappa shape index (κ2) is 9.22. The van der Waals surface area contributed by atoms with E-state index in [-0.39, 0.29) is 11.9 Å². The van der Waals surface area contributed by atoms with Crippen molar-refractivity contribution in [3.8, 4) is 5.69 Å². The Morgan fingerprint density at radius 3 is 2.61 bits per heavy atom. The predicted octanol–water partition coefficient (Wildman–Crippen LogP) is 5.26. The van der Waals surface area contributed by atoms with E-state index in [1.165, 1.54) is 0 Å². The fourth-order valence-electron chi connectivity index (χ4n) is 3.34. The number of nitrogens with one attached hydrogen (secondary N) is 1. The fourth-order valence-corrected chi connectivity index (χ4v) is 4.55. The molecule has 1 N–H and O–H groups in total. The maximum Gasteiger partial charge on any atom is 0.252 e. The van der Waals surface area contributed by atoms with Crippen LogP contribution in [0.2, 0.25) is 0 Å². The Labute approximate surface area is 185 Å². The summed E-state index contributed by atoms with van der Waals surface area (Å²) in [7, 11) is 0. The number of hydrogen-bond acceptors (Lipinski definition) is 5. The summed E-state index contributed by atoms with van der Waals surface area (Å²) in [6.07, 6.45) is 5.41. The van der Waals surface area contributed by atoms with E-state index in [0.717, 1.165) is 33.2 Å². The standard InChI is InChI=1S/C24H24N4O2S/c1-16(19-8-10-20(11-9-19)28-13-12-25-15-28)26-24(29)21-6-4-5-7-23(21)31-14-22-17(2)27-30-18(22)3/h4-13,15-16H,14H2,1-3H3,(H,26,29)/t16-/m1/s1. The minimum absolute atomic E-state index is 0.0898. The van der Waals surface area contributed by atoms with E-state index in [1.54, 1.807) is 24.3 Å². The van der Waals surface area contributed by atoms with Gasteiger partial charge in [-0.25, -0.2) is 4.98 Å². The third kappa shape index (κ3) is 4.72. The van der Waals surface area contributed by atoms with Gasteiger partial charge in [-0.15, -0.1) is 11.8 Å². The zero-order valence-corrected chi connectivity index (χ0v) is 18.5. The zero-order chi connectivity index (χ0) is 21.8. The molecule has 0 spiro atoms. The second-order valence-electron chi connectivity index (χ2n) is 7.34. The highest BCUT2D eigenvalue weighted by Gasteiger charge is 2.16. The maximum atomic E-state index is 13.0. The number of nitrogens with zero attached hydrogens (tertiary/aromatic N) is 3. The van der Waals surface area contributed by atoms with Crippen LogP contribution < -0.4 is 5.32 Å². The molecule has 0 aliphatic heterocycles. The average molecular weight is 433 g/mol. The first-order valence-corrected chi connectivity index (χ1v) is 11.0. The van der Waals surface area contributed by atoms with Crippen LogP contribution in [0.15, 0.2) is 76.7 Å². The van der Waals surface area contributed by atoms with Gasteiger partial charge in [0, 0.05) is 34.3 Å². The molecule has 31 heavy (non-hydrogen) atoms. The smallest absolute Gasteiger partial charge is 0.252 e. The van der Waals surface area contributed by atoms with Gasteiger partial charge in [-0.3, -0.25) is 4.79 Å². The van der Waals surface area contributed by atoms with Gasteiger partial charge in [0.25, 0.3) is 5.91 Å². The van der Waals surface area contributed by atoms with E-state index in [2.05, 4.69) is 15.5 Å². The second-order valence-corrected chi connectivity index (χ2v) is 8.36. The quantitative estimate of drug-likeness (QED) is 0.403. The van der Waals surface area contributed by atoms with Gasteiger partial charge in [0.2, 0.25) is 0 Å². The number of carbonyl (C=O) groups excluding carboxylic acids is 1. The molecular formula is C24H24N4O2S. The van der Waals surface area contributed by atoms with Crippen molar-refractivity contribution in [3.63, 3.8) is 0 Å². The van der Waals surface area contributed by atoms with Crippen molar-refractivity contribution in [1.82, 2.24) is 20.0 Å². The van der Waals surface area contributed by atoms with Crippen LogP contribution in [0.3, 0.4) is 0 Å². The Balaban J connectivity index is 1.44. The van der Waals surface area contributed by atoms with Crippen molar-refractivity contribution in [2.75, 3.05) is 0 Å². The first kappa shape index (κ1) is 20.9. The lowest BCUT2D eigenvalue weighted by atomic mass is 10.1. The predicted molar refractivity (Wildman–Crippen MR) is 121 cm³/mol. The Bertz CT molecular complexity index is 1150. The van der Waals surface area contributed by atoms with Crippen LogP contribution in [-0.2, 0) is 5.75 Å². The molecule has 0 aliphatic rings. The van der Waals surface area contributed by atoms with Gasteiger partial charge in [0.1, 0.15) is 5.76 Å². The van der Waals surface area contributed by atoms with Gasteiger partial charge < -0.3 is 14.4 Å². The number of thioether (sulfide) groups is 1. The van der Waals surface area contributed by atoms with E-state index in [1.807, 2.05) is 80.1 Å². The topological polar surface area (TPSA) is 73.0 Å². The van der Waals surface area contributed by atoms with Crippen molar-refractivity contribution in [2.45, 2.75) is 37.5 Å². The maximum absolute atomic E-state index is 13.0. The number of rotatable bonds is 7. The SMILES string of the molecule is Cc1noc(C)c1CSc1ccccc1C(=O)N[C@H](C)c1ccc(-n2ccnc2)cc1. The van der Waals surface area contributed by atoms with Crippen molar-refractivity contribution in [3.05, 3.63) is 95.4 Å². The lowest BCUT2D eigenvalue weighted by Crippen LogP contribution is -2.27. The number of imidazole rings is 1. The zero-order valence-electron chi connectivity index (χ0n) is 17.7. The number of aryl methyl sites for hydroxylation is 2. The van der Waals surface area contributed by atoms with Gasteiger partial charge in [-0.1, -0.05) is 29.4 Å². The highest BCUT2D eigenvalue weighted by atomic mass is 32.2. The lowest BCUT2D eigenvalue weighted by Gasteiger charge is -2.16. The molecule has 1 amide bonds. The summed E-state index contributed by atoms with van der Waals surface area (Å²) in [6.45, 7) is 5.84.